The lowest BCUT2D eigenvalue weighted by molar-refractivity contribution is -0.167. The summed E-state index contributed by atoms with van der Waals surface area (Å²) in [5, 5.41) is 4.21. The molecule has 2 amide bonds. The molecule has 0 aliphatic rings. The summed E-state index contributed by atoms with van der Waals surface area (Å²) >= 11 is 0. The lowest BCUT2D eigenvalue weighted by Gasteiger charge is -2.09. The van der Waals surface area contributed by atoms with Gasteiger partial charge in [-0.2, -0.15) is 13.2 Å². The lowest BCUT2D eigenvalue weighted by Crippen LogP contribution is -2.29. The van der Waals surface area contributed by atoms with Crippen molar-refractivity contribution in [1.29, 1.82) is 0 Å². The van der Waals surface area contributed by atoms with Crippen LogP contribution >= 0.6 is 0 Å². The molecule has 0 atom stereocenters. The van der Waals surface area contributed by atoms with Crippen LogP contribution in [0.25, 0.3) is 0 Å². The number of aryl methyl sites for hydroxylation is 1. The Morgan fingerprint density at radius 1 is 0.963 bits per heavy atom. The first kappa shape index (κ1) is 20.0. The maximum absolute atomic E-state index is 12.2. The Morgan fingerprint density at radius 2 is 1.63 bits per heavy atom. The average molecular weight is 380 g/mol. The first-order chi connectivity index (χ1) is 12.6. The van der Waals surface area contributed by atoms with Crippen LogP contribution < -0.4 is 10.6 Å². The molecule has 0 radical (unpaired) electrons. The second-order valence-electron chi connectivity index (χ2n) is 5.52. The molecular formula is C18H15F3N2O4. The molecule has 0 spiro atoms. The van der Waals surface area contributed by atoms with E-state index in [0.29, 0.717) is 5.69 Å². The fourth-order valence-corrected chi connectivity index (χ4v) is 2.03. The minimum absolute atomic E-state index is 0.0170. The SMILES string of the molecule is Cc1cccc(NC(=O)COC(=O)c2ccc(NC(=O)C(F)(F)F)cc2)c1. The Kier molecular flexibility index (Phi) is 6.17. The normalized spacial score (nSPS) is 10.8. The largest absolute Gasteiger partial charge is 0.471 e. The Balaban J connectivity index is 1.87. The third-order valence-electron chi connectivity index (χ3n) is 3.27. The summed E-state index contributed by atoms with van der Waals surface area (Å²) in [5.41, 5.74) is 1.39. The van der Waals surface area contributed by atoms with Gasteiger partial charge in [-0.25, -0.2) is 4.79 Å². The van der Waals surface area contributed by atoms with Crippen LogP contribution in [0.3, 0.4) is 0 Å². The monoisotopic (exact) mass is 380 g/mol. The summed E-state index contributed by atoms with van der Waals surface area (Å²) < 4.78 is 41.4. The van der Waals surface area contributed by atoms with Crippen molar-refractivity contribution in [2.45, 2.75) is 13.1 Å². The van der Waals surface area contributed by atoms with Gasteiger partial charge in [0.2, 0.25) is 0 Å². The average Bonchev–Trinajstić information content (AvgIpc) is 2.59. The van der Waals surface area contributed by atoms with Gasteiger partial charge in [0.25, 0.3) is 5.91 Å². The molecule has 0 aliphatic carbocycles. The number of halogens is 3. The van der Waals surface area contributed by atoms with E-state index in [0.717, 1.165) is 17.7 Å². The molecule has 0 aromatic heterocycles. The second kappa shape index (κ2) is 8.35. The van der Waals surface area contributed by atoms with Crippen LogP contribution in [0.15, 0.2) is 48.5 Å². The number of benzene rings is 2. The summed E-state index contributed by atoms with van der Waals surface area (Å²) in [4.78, 5) is 34.5. The number of hydrogen-bond acceptors (Lipinski definition) is 4. The minimum Gasteiger partial charge on any atom is -0.452 e. The summed E-state index contributed by atoms with van der Waals surface area (Å²) in [6, 6.07) is 11.6. The molecule has 2 aromatic carbocycles. The van der Waals surface area contributed by atoms with E-state index in [1.165, 1.54) is 12.1 Å². The molecular weight excluding hydrogens is 365 g/mol. The Labute approximate surface area is 152 Å². The maximum Gasteiger partial charge on any atom is 0.471 e. The van der Waals surface area contributed by atoms with Crippen LogP contribution in [0.2, 0.25) is 0 Å². The van der Waals surface area contributed by atoms with E-state index in [4.69, 9.17) is 4.74 Å². The number of nitrogens with one attached hydrogen (secondary N) is 2. The van der Waals surface area contributed by atoms with Crippen LogP contribution in [-0.2, 0) is 14.3 Å². The van der Waals surface area contributed by atoms with Crippen LogP contribution in [0.1, 0.15) is 15.9 Å². The van der Waals surface area contributed by atoms with Crippen molar-refractivity contribution in [2.24, 2.45) is 0 Å². The number of carbonyl (C=O) groups excluding carboxylic acids is 3. The number of carbonyl (C=O) groups is 3. The van der Waals surface area contributed by atoms with Crippen molar-refractivity contribution in [3.63, 3.8) is 0 Å². The number of ether oxygens (including phenoxy) is 1. The standard InChI is InChI=1S/C18H15F3N2O4/c1-11-3-2-4-14(9-11)22-15(24)10-27-16(25)12-5-7-13(8-6-12)23-17(26)18(19,20)21/h2-9H,10H2,1H3,(H,22,24)(H,23,26). The molecule has 0 saturated heterocycles. The molecule has 142 valence electrons. The van der Waals surface area contributed by atoms with Crippen molar-refractivity contribution >= 4 is 29.2 Å². The van der Waals surface area contributed by atoms with Crippen LogP contribution in [0.5, 0.6) is 0 Å². The molecule has 0 unspecified atom stereocenters. The van der Waals surface area contributed by atoms with Gasteiger partial charge in [0.1, 0.15) is 0 Å². The van der Waals surface area contributed by atoms with Crippen molar-refractivity contribution in [3.05, 3.63) is 59.7 Å². The number of hydrogen-bond donors (Lipinski definition) is 2. The first-order valence-corrected chi connectivity index (χ1v) is 7.67. The molecule has 2 N–H and O–H groups in total. The van der Waals surface area contributed by atoms with Crippen LogP contribution in [0, 0.1) is 6.92 Å². The highest BCUT2D eigenvalue weighted by Gasteiger charge is 2.38. The van der Waals surface area contributed by atoms with E-state index in [1.54, 1.807) is 23.5 Å². The fourth-order valence-electron chi connectivity index (χ4n) is 2.03. The number of esters is 1. The summed E-state index contributed by atoms with van der Waals surface area (Å²) in [6.45, 7) is 1.33. The van der Waals surface area contributed by atoms with Crippen molar-refractivity contribution in [1.82, 2.24) is 0 Å². The van der Waals surface area contributed by atoms with Gasteiger partial charge in [-0.05, 0) is 48.9 Å². The van der Waals surface area contributed by atoms with Crippen LogP contribution in [-0.4, -0.2) is 30.6 Å². The zero-order chi connectivity index (χ0) is 20.0. The Hall–Kier alpha value is -3.36. The van der Waals surface area contributed by atoms with Crippen LogP contribution in [0.4, 0.5) is 24.5 Å². The van der Waals surface area contributed by atoms with Crippen molar-refractivity contribution in [2.75, 3.05) is 17.2 Å². The maximum atomic E-state index is 12.2. The van der Waals surface area contributed by atoms with E-state index in [9.17, 15) is 27.6 Å². The third-order valence-corrected chi connectivity index (χ3v) is 3.27. The number of rotatable bonds is 5. The Morgan fingerprint density at radius 3 is 2.22 bits per heavy atom. The summed E-state index contributed by atoms with van der Waals surface area (Å²) in [6.07, 6.45) is -5.01. The zero-order valence-electron chi connectivity index (χ0n) is 14.1. The third kappa shape index (κ3) is 6.14. The number of anilines is 2. The Bertz CT molecular complexity index is 848. The molecule has 0 fully saturated rings. The van der Waals surface area contributed by atoms with Crippen molar-refractivity contribution in [3.8, 4) is 0 Å². The topological polar surface area (TPSA) is 84.5 Å². The second-order valence-corrected chi connectivity index (χ2v) is 5.52. The molecule has 0 heterocycles. The van der Waals surface area contributed by atoms with Crippen molar-refractivity contribution < 1.29 is 32.3 Å². The molecule has 9 heteroatoms. The molecule has 0 saturated carbocycles. The van der Waals surface area contributed by atoms with E-state index < -0.39 is 30.6 Å². The van der Waals surface area contributed by atoms with E-state index >= 15 is 0 Å². The molecule has 0 aliphatic heterocycles. The zero-order valence-corrected chi connectivity index (χ0v) is 14.1. The quantitative estimate of drug-likeness (QED) is 0.780. The summed E-state index contributed by atoms with van der Waals surface area (Å²) in [5.74, 6) is -3.49. The predicted molar refractivity (Wildman–Crippen MR) is 91.2 cm³/mol. The van der Waals surface area contributed by atoms with Gasteiger partial charge >= 0.3 is 18.1 Å². The fraction of sp³-hybridized carbons (Fsp3) is 0.167. The van der Waals surface area contributed by atoms with Gasteiger partial charge in [-0.15, -0.1) is 0 Å². The molecule has 2 rings (SSSR count). The highest BCUT2D eigenvalue weighted by atomic mass is 19.4. The van der Waals surface area contributed by atoms with Gasteiger partial charge in [0.05, 0.1) is 5.56 Å². The molecule has 6 nitrogen and oxygen atoms in total. The van der Waals surface area contributed by atoms with Gasteiger partial charge in [0, 0.05) is 11.4 Å². The smallest absolute Gasteiger partial charge is 0.452 e. The number of alkyl halides is 3. The number of amides is 2. The molecule has 0 bridgehead atoms. The van der Waals surface area contributed by atoms with Gasteiger partial charge < -0.3 is 15.4 Å². The minimum atomic E-state index is -5.01. The van der Waals surface area contributed by atoms with E-state index in [2.05, 4.69) is 5.32 Å². The highest BCUT2D eigenvalue weighted by Crippen LogP contribution is 2.18. The van der Waals surface area contributed by atoms with Gasteiger partial charge in [-0.3, -0.25) is 9.59 Å². The van der Waals surface area contributed by atoms with Gasteiger partial charge in [-0.1, -0.05) is 12.1 Å². The van der Waals surface area contributed by atoms with Gasteiger partial charge in [0.15, 0.2) is 6.61 Å². The lowest BCUT2D eigenvalue weighted by atomic mass is 10.2. The summed E-state index contributed by atoms with van der Waals surface area (Å²) in [7, 11) is 0. The van der Waals surface area contributed by atoms with E-state index in [-0.39, 0.29) is 11.3 Å². The highest BCUT2D eigenvalue weighted by molar-refractivity contribution is 5.97. The molecule has 2 aromatic rings. The predicted octanol–water partition coefficient (Wildman–Crippen LogP) is 3.29. The van der Waals surface area contributed by atoms with E-state index in [1.807, 2.05) is 13.0 Å². The first-order valence-electron chi connectivity index (χ1n) is 7.67. The molecule has 27 heavy (non-hydrogen) atoms.